The maximum Gasteiger partial charge on any atom is 0.243 e. The highest BCUT2D eigenvalue weighted by molar-refractivity contribution is 6.30. The third-order valence-corrected chi connectivity index (χ3v) is 5.92. The molecule has 178 valence electrons. The van der Waals surface area contributed by atoms with Crippen LogP contribution in [0.25, 0.3) is 0 Å². The van der Waals surface area contributed by atoms with Gasteiger partial charge in [-0.15, -0.1) is 0 Å². The molecule has 0 aliphatic heterocycles. The summed E-state index contributed by atoms with van der Waals surface area (Å²) in [5, 5.41) is 3.57. The Hall–Kier alpha value is -3.18. The first kappa shape index (κ1) is 25.4. The van der Waals surface area contributed by atoms with Crippen LogP contribution in [0.2, 0.25) is 5.02 Å². The summed E-state index contributed by atoms with van der Waals surface area (Å²) >= 11 is 6.04. The Morgan fingerprint density at radius 2 is 1.62 bits per heavy atom. The number of hydrogen-bond acceptors (Lipinski definition) is 2. The van der Waals surface area contributed by atoms with Gasteiger partial charge in [0.25, 0.3) is 0 Å². The molecule has 0 saturated heterocycles. The highest BCUT2D eigenvalue weighted by Crippen LogP contribution is 2.19. The highest BCUT2D eigenvalue weighted by Gasteiger charge is 2.30. The molecule has 6 heteroatoms. The molecular formula is C28H30ClFN2O2. The van der Waals surface area contributed by atoms with Crippen molar-refractivity contribution >= 4 is 23.4 Å². The predicted molar refractivity (Wildman–Crippen MR) is 134 cm³/mol. The summed E-state index contributed by atoms with van der Waals surface area (Å²) in [5.74, 6) is -0.964. The normalized spacial score (nSPS) is 11.6. The second-order valence-electron chi connectivity index (χ2n) is 8.27. The molecule has 0 spiro atoms. The molecule has 0 saturated carbocycles. The van der Waals surface area contributed by atoms with E-state index in [0.29, 0.717) is 23.6 Å². The Morgan fingerprint density at radius 1 is 0.941 bits per heavy atom. The second-order valence-corrected chi connectivity index (χ2v) is 8.70. The summed E-state index contributed by atoms with van der Waals surface area (Å²) in [4.78, 5) is 28.4. The molecule has 0 bridgehead atoms. The van der Waals surface area contributed by atoms with Crippen LogP contribution in [0, 0.1) is 5.82 Å². The number of halogens is 2. The van der Waals surface area contributed by atoms with Crippen molar-refractivity contribution < 1.29 is 14.0 Å². The zero-order valence-corrected chi connectivity index (χ0v) is 20.1. The maximum atomic E-state index is 14.3. The number of rotatable bonds is 11. The molecule has 34 heavy (non-hydrogen) atoms. The molecule has 1 N–H and O–H groups in total. The molecular weight excluding hydrogens is 451 g/mol. The summed E-state index contributed by atoms with van der Waals surface area (Å²) in [6.07, 6.45) is 2.03. The van der Waals surface area contributed by atoms with Crippen molar-refractivity contribution in [2.45, 2.75) is 45.2 Å². The molecule has 1 atom stereocenters. The summed E-state index contributed by atoms with van der Waals surface area (Å²) in [6.45, 7) is 2.80. The molecule has 0 aliphatic carbocycles. The minimum Gasteiger partial charge on any atom is -0.354 e. The van der Waals surface area contributed by atoms with Crippen molar-refractivity contribution in [3.8, 4) is 0 Å². The first-order valence-electron chi connectivity index (χ1n) is 11.6. The lowest BCUT2D eigenvalue weighted by Crippen LogP contribution is -2.51. The largest absolute Gasteiger partial charge is 0.354 e. The van der Waals surface area contributed by atoms with E-state index in [1.807, 2.05) is 42.5 Å². The maximum absolute atomic E-state index is 14.3. The molecule has 3 aromatic carbocycles. The van der Waals surface area contributed by atoms with Crippen molar-refractivity contribution in [3.05, 3.63) is 106 Å². The van der Waals surface area contributed by atoms with Crippen LogP contribution >= 0.6 is 11.6 Å². The van der Waals surface area contributed by atoms with Crippen LogP contribution < -0.4 is 5.32 Å². The number of amides is 2. The quantitative estimate of drug-likeness (QED) is 0.364. The number of carbonyl (C=O) groups is 2. The van der Waals surface area contributed by atoms with Gasteiger partial charge in [-0.25, -0.2) is 4.39 Å². The van der Waals surface area contributed by atoms with Crippen LogP contribution in [0.4, 0.5) is 4.39 Å². The molecule has 3 rings (SSSR count). The SMILES string of the molecule is CCCCNC(=O)[C@H](Cc1ccccc1)N(Cc1ccc(Cl)cc1)C(=O)Cc1ccccc1F. The molecule has 0 fully saturated rings. The van der Waals surface area contributed by atoms with E-state index in [0.717, 1.165) is 24.0 Å². The van der Waals surface area contributed by atoms with Gasteiger partial charge in [-0.05, 0) is 41.3 Å². The van der Waals surface area contributed by atoms with Crippen LogP contribution in [0.3, 0.4) is 0 Å². The van der Waals surface area contributed by atoms with E-state index in [2.05, 4.69) is 12.2 Å². The van der Waals surface area contributed by atoms with E-state index in [1.165, 1.54) is 6.07 Å². The zero-order valence-electron chi connectivity index (χ0n) is 19.3. The standard InChI is InChI=1S/C28H30ClFN2O2/c1-2-3-17-31-28(34)26(18-21-9-5-4-6-10-21)32(20-22-13-15-24(29)16-14-22)27(33)19-23-11-7-8-12-25(23)30/h4-16,26H,2-3,17-20H2,1H3,(H,31,34)/t26-/m0/s1. The minimum atomic E-state index is -0.741. The van der Waals surface area contributed by atoms with Crippen molar-refractivity contribution in [1.29, 1.82) is 0 Å². The van der Waals surface area contributed by atoms with E-state index >= 15 is 0 Å². The lowest BCUT2D eigenvalue weighted by Gasteiger charge is -2.32. The number of nitrogens with one attached hydrogen (secondary N) is 1. The second kappa shape index (κ2) is 12.9. The Morgan fingerprint density at radius 3 is 2.29 bits per heavy atom. The molecule has 3 aromatic rings. The number of unbranched alkanes of at least 4 members (excludes halogenated alkanes) is 1. The van der Waals surface area contributed by atoms with E-state index in [9.17, 15) is 14.0 Å². The fraction of sp³-hybridized carbons (Fsp3) is 0.286. The molecule has 0 aromatic heterocycles. The summed E-state index contributed by atoms with van der Waals surface area (Å²) in [7, 11) is 0. The van der Waals surface area contributed by atoms with Gasteiger partial charge >= 0.3 is 0 Å². The number of nitrogens with zero attached hydrogens (tertiary/aromatic N) is 1. The van der Waals surface area contributed by atoms with Crippen LogP contribution in [0.1, 0.15) is 36.5 Å². The van der Waals surface area contributed by atoms with Gasteiger partial charge in [0.15, 0.2) is 0 Å². The first-order chi connectivity index (χ1) is 16.5. The van der Waals surface area contributed by atoms with Crippen molar-refractivity contribution in [3.63, 3.8) is 0 Å². The molecule has 0 radical (unpaired) electrons. The van der Waals surface area contributed by atoms with Crippen molar-refractivity contribution in [1.82, 2.24) is 10.2 Å². The average Bonchev–Trinajstić information content (AvgIpc) is 2.84. The fourth-order valence-corrected chi connectivity index (χ4v) is 3.88. The Balaban J connectivity index is 1.94. The third-order valence-electron chi connectivity index (χ3n) is 5.67. The van der Waals surface area contributed by atoms with Crippen molar-refractivity contribution in [2.75, 3.05) is 6.54 Å². The zero-order chi connectivity index (χ0) is 24.3. The van der Waals surface area contributed by atoms with Gasteiger partial charge in [0.2, 0.25) is 11.8 Å². The minimum absolute atomic E-state index is 0.131. The number of hydrogen-bond donors (Lipinski definition) is 1. The van der Waals surface area contributed by atoms with Gasteiger partial charge in [0, 0.05) is 24.5 Å². The first-order valence-corrected chi connectivity index (χ1v) is 11.9. The molecule has 0 unspecified atom stereocenters. The average molecular weight is 481 g/mol. The monoisotopic (exact) mass is 480 g/mol. The van der Waals surface area contributed by atoms with Crippen molar-refractivity contribution in [2.24, 2.45) is 0 Å². The topological polar surface area (TPSA) is 49.4 Å². The van der Waals surface area contributed by atoms with Gasteiger partial charge < -0.3 is 10.2 Å². The van der Waals surface area contributed by atoms with Gasteiger partial charge in [0.1, 0.15) is 11.9 Å². The number of carbonyl (C=O) groups excluding carboxylic acids is 2. The van der Waals surface area contributed by atoms with Gasteiger partial charge in [-0.1, -0.05) is 85.6 Å². The smallest absolute Gasteiger partial charge is 0.243 e. The molecule has 0 aliphatic rings. The summed E-state index contributed by atoms with van der Waals surface area (Å²) in [6, 6.07) is 22.3. The van der Waals surface area contributed by atoms with Gasteiger partial charge in [0.05, 0.1) is 6.42 Å². The van der Waals surface area contributed by atoms with Crippen LogP contribution in [0.15, 0.2) is 78.9 Å². The summed E-state index contributed by atoms with van der Waals surface area (Å²) in [5.41, 5.74) is 2.09. The number of benzene rings is 3. The lowest BCUT2D eigenvalue weighted by atomic mass is 10.0. The van der Waals surface area contributed by atoms with Gasteiger partial charge in [-0.2, -0.15) is 0 Å². The molecule has 0 heterocycles. The van der Waals surface area contributed by atoms with Crippen LogP contribution in [-0.4, -0.2) is 29.3 Å². The molecule has 4 nitrogen and oxygen atoms in total. The van der Waals surface area contributed by atoms with Crippen LogP contribution in [0.5, 0.6) is 0 Å². The van der Waals surface area contributed by atoms with Gasteiger partial charge in [-0.3, -0.25) is 9.59 Å². The molecule has 2 amide bonds. The van der Waals surface area contributed by atoms with Crippen LogP contribution in [-0.2, 0) is 29.0 Å². The Bertz CT molecular complexity index is 1070. The Kier molecular flexibility index (Phi) is 9.65. The fourth-order valence-electron chi connectivity index (χ4n) is 3.75. The third kappa shape index (κ3) is 7.42. The van der Waals surface area contributed by atoms with E-state index < -0.39 is 11.9 Å². The van der Waals surface area contributed by atoms with E-state index in [4.69, 9.17) is 11.6 Å². The highest BCUT2D eigenvalue weighted by atomic mass is 35.5. The Labute approximate surface area is 205 Å². The predicted octanol–water partition coefficient (Wildman–Crippen LogP) is 5.58. The summed E-state index contributed by atoms with van der Waals surface area (Å²) < 4.78 is 14.3. The van der Waals surface area contributed by atoms with E-state index in [-0.39, 0.29) is 24.8 Å². The lowest BCUT2D eigenvalue weighted by molar-refractivity contribution is -0.140. The van der Waals surface area contributed by atoms with E-state index in [1.54, 1.807) is 35.2 Å².